The third-order valence-electron chi connectivity index (χ3n) is 4.99. The van der Waals surface area contributed by atoms with Gasteiger partial charge in [0.2, 0.25) is 0 Å². The number of carboxylic acids is 1. The minimum absolute atomic E-state index is 0.355. The Labute approximate surface area is 146 Å². The van der Waals surface area contributed by atoms with Crippen molar-refractivity contribution in [3.8, 4) is 0 Å². The molecule has 1 unspecified atom stereocenters. The van der Waals surface area contributed by atoms with E-state index in [1.807, 2.05) is 36.7 Å². The Bertz CT molecular complexity index is 903. The maximum Gasteiger partial charge on any atom is 0.335 e. The van der Waals surface area contributed by atoms with Crippen LogP contribution in [0.25, 0.3) is 11.0 Å². The number of fused-ring (bicyclic) bond motifs is 1. The van der Waals surface area contributed by atoms with Gasteiger partial charge >= 0.3 is 5.97 Å². The molecule has 1 aromatic heterocycles. The van der Waals surface area contributed by atoms with Gasteiger partial charge in [0, 0.05) is 19.1 Å². The lowest BCUT2D eigenvalue weighted by Gasteiger charge is -2.25. The van der Waals surface area contributed by atoms with Gasteiger partial charge in [0.25, 0.3) is 0 Å². The van der Waals surface area contributed by atoms with E-state index in [9.17, 15) is 4.79 Å². The number of hydrogen-bond donors (Lipinski definition) is 1. The normalized spacial score (nSPS) is 18.0. The first-order valence-electron chi connectivity index (χ1n) is 8.67. The van der Waals surface area contributed by atoms with Gasteiger partial charge in [0.15, 0.2) is 0 Å². The highest BCUT2D eigenvalue weighted by Crippen LogP contribution is 2.23. The molecule has 5 nitrogen and oxygen atoms in total. The molecule has 1 N–H and O–H groups in total. The first kappa shape index (κ1) is 15.8. The van der Waals surface area contributed by atoms with Crippen LogP contribution in [0.3, 0.4) is 0 Å². The number of likely N-dealkylation sites (tertiary alicyclic amines) is 1. The summed E-state index contributed by atoms with van der Waals surface area (Å²) in [6, 6.07) is 15.9. The first-order valence-corrected chi connectivity index (χ1v) is 8.67. The molecule has 0 saturated carbocycles. The van der Waals surface area contributed by atoms with Crippen molar-refractivity contribution >= 4 is 17.0 Å². The summed E-state index contributed by atoms with van der Waals surface area (Å²) in [6.45, 7) is 2.76. The van der Waals surface area contributed by atoms with Crippen molar-refractivity contribution in [3.05, 3.63) is 66.0 Å². The molecule has 1 aliphatic rings. The summed E-state index contributed by atoms with van der Waals surface area (Å²) in [7, 11) is 0. The van der Waals surface area contributed by atoms with Crippen LogP contribution in [0, 0.1) is 0 Å². The number of carboxylic acid groups (broad SMARTS) is 1. The Balaban J connectivity index is 1.51. The highest BCUT2D eigenvalue weighted by Gasteiger charge is 2.25. The summed E-state index contributed by atoms with van der Waals surface area (Å²) in [4.78, 5) is 18.1. The zero-order valence-corrected chi connectivity index (χ0v) is 14.0. The minimum atomic E-state index is -0.871. The molecular formula is C20H21N3O2. The highest BCUT2D eigenvalue weighted by molar-refractivity contribution is 5.87. The van der Waals surface area contributed by atoms with Crippen molar-refractivity contribution in [2.75, 3.05) is 6.54 Å². The number of benzene rings is 2. The number of hydrogen-bond acceptors (Lipinski definition) is 3. The summed E-state index contributed by atoms with van der Waals surface area (Å²) < 4.78 is 2.23. The van der Waals surface area contributed by atoms with Gasteiger partial charge in [-0.15, -0.1) is 0 Å². The molecule has 0 amide bonds. The number of aromatic nitrogens is 2. The van der Waals surface area contributed by atoms with Crippen LogP contribution < -0.4 is 0 Å². The molecule has 3 aromatic rings. The molecule has 128 valence electrons. The van der Waals surface area contributed by atoms with Crippen molar-refractivity contribution in [1.29, 1.82) is 0 Å². The Morgan fingerprint density at radius 3 is 2.96 bits per heavy atom. The molecule has 1 fully saturated rings. The third-order valence-corrected chi connectivity index (χ3v) is 4.99. The predicted octanol–water partition coefficient (Wildman–Crippen LogP) is 3.40. The summed E-state index contributed by atoms with van der Waals surface area (Å²) in [6.07, 6.45) is 4.26. The fraction of sp³-hybridized carbons (Fsp3) is 0.300. The van der Waals surface area contributed by atoms with Crippen molar-refractivity contribution in [1.82, 2.24) is 14.5 Å². The Hall–Kier alpha value is -2.66. The minimum Gasteiger partial charge on any atom is -0.478 e. The van der Waals surface area contributed by atoms with Crippen LogP contribution in [0.2, 0.25) is 0 Å². The Morgan fingerprint density at radius 2 is 2.08 bits per heavy atom. The van der Waals surface area contributed by atoms with Gasteiger partial charge in [-0.3, -0.25) is 4.90 Å². The van der Waals surface area contributed by atoms with Crippen molar-refractivity contribution in [2.45, 2.75) is 32.0 Å². The number of imidazole rings is 1. The topological polar surface area (TPSA) is 58.4 Å². The van der Waals surface area contributed by atoms with E-state index in [0.717, 1.165) is 37.1 Å². The van der Waals surface area contributed by atoms with Crippen LogP contribution >= 0.6 is 0 Å². The smallest absolute Gasteiger partial charge is 0.335 e. The van der Waals surface area contributed by atoms with E-state index >= 15 is 0 Å². The van der Waals surface area contributed by atoms with E-state index < -0.39 is 5.97 Å². The van der Waals surface area contributed by atoms with E-state index in [1.165, 1.54) is 11.9 Å². The number of carbonyl (C=O) groups is 1. The van der Waals surface area contributed by atoms with Crippen LogP contribution in [0.4, 0.5) is 0 Å². The second-order valence-corrected chi connectivity index (χ2v) is 6.66. The van der Waals surface area contributed by atoms with Gasteiger partial charge in [-0.05, 0) is 49.2 Å². The van der Waals surface area contributed by atoms with Crippen LogP contribution in [-0.4, -0.2) is 38.1 Å². The Kier molecular flexibility index (Phi) is 4.24. The molecule has 2 aromatic carbocycles. The molecular weight excluding hydrogens is 314 g/mol. The van der Waals surface area contributed by atoms with Crippen LogP contribution in [0.5, 0.6) is 0 Å². The first-order chi connectivity index (χ1) is 12.2. The monoisotopic (exact) mass is 335 g/mol. The standard InChI is InChI=1S/C20H21N3O2/c24-20(25)16-6-3-5-15(11-16)12-22-10-4-7-17(22)13-23-14-21-18-8-1-2-9-19(18)23/h1-3,5-6,8-9,11,14,17H,4,7,10,12-13H2,(H,24,25). The predicted molar refractivity (Wildman–Crippen MR) is 96.6 cm³/mol. The average Bonchev–Trinajstić information content (AvgIpc) is 3.23. The van der Waals surface area contributed by atoms with E-state index in [2.05, 4.69) is 20.5 Å². The SMILES string of the molecule is O=C(O)c1cccc(CN2CCCC2Cn2cnc3ccccc32)c1. The lowest BCUT2D eigenvalue weighted by Crippen LogP contribution is -2.32. The zero-order valence-electron chi connectivity index (χ0n) is 14.0. The number of para-hydroxylation sites is 2. The van der Waals surface area contributed by atoms with Gasteiger partial charge in [0.05, 0.1) is 22.9 Å². The van der Waals surface area contributed by atoms with Gasteiger partial charge < -0.3 is 9.67 Å². The maximum absolute atomic E-state index is 11.2. The van der Waals surface area contributed by atoms with Crippen molar-refractivity contribution in [2.24, 2.45) is 0 Å². The van der Waals surface area contributed by atoms with Crippen molar-refractivity contribution < 1.29 is 9.90 Å². The fourth-order valence-electron chi connectivity index (χ4n) is 3.73. The quantitative estimate of drug-likeness (QED) is 0.776. The largest absolute Gasteiger partial charge is 0.478 e. The van der Waals surface area contributed by atoms with Crippen LogP contribution in [0.15, 0.2) is 54.9 Å². The lowest BCUT2D eigenvalue weighted by molar-refractivity contribution is 0.0696. The fourth-order valence-corrected chi connectivity index (χ4v) is 3.73. The average molecular weight is 335 g/mol. The molecule has 2 heterocycles. The summed E-state index contributed by atoms with van der Waals surface area (Å²) in [5.74, 6) is -0.871. The zero-order chi connectivity index (χ0) is 17.2. The molecule has 0 radical (unpaired) electrons. The summed E-state index contributed by atoms with van der Waals surface area (Å²) in [5, 5.41) is 9.17. The lowest BCUT2D eigenvalue weighted by atomic mass is 10.1. The molecule has 0 spiro atoms. The molecule has 4 rings (SSSR count). The Morgan fingerprint density at radius 1 is 1.20 bits per heavy atom. The van der Waals surface area contributed by atoms with Crippen LogP contribution in [0.1, 0.15) is 28.8 Å². The molecule has 1 atom stereocenters. The van der Waals surface area contributed by atoms with Gasteiger partial charge in [-0.2, -0.15) is 0 Å². The molecule has 1 aliphatic heterocycles. The van der Waals surface area contributed by atoms with E-state index in [0.29, 0.717) is 11.6 Å². The van der Waals surface area contributed by atoms with E-state index in [4.69, 9.17) is 5.11 Å². The molecule has 0 bridgehead atoms. The number of nitrogens with zero attached hydrogens (tertiary/aromatic N) is 3. The highest BCUT2D eigenvalue weighted by atomic mass is 16.4. The van der Waals surface area contributed by atoms with E-state index in [-0.39, 0.29) is 0 Å². The molecule has 5 heteroatoms. The van der Waals surface area contributed by atoms with Crippen molar-refractivity contribution in [3.63, 3.8) is 0 Å². The van der Waals surface area contributed by atoms with Gasteiger partial charge in [-0.25, -0.2) is 9.78 Å². The summed E-state index contributed by atoms with van der Waals surface area (Å²) >= 11 is 0. The third kappa shape index (κ3) is 3.28. The molecule has 25 heavy (non-hydrogen) atoms. The number of aromatic carboxylic acids is 1. The molecule has 0 aliphatic carbocycles. The maximum atomic E-state index is 11.2. The van der Waals surface area contributed by atoms with E-state index in [1.54, 1.807) is 12.1 Å². The second-order valence-electron chi connectivity index (χ2n) is 6.66. The summed E-state index contributed by atoms with van der Waals surface area (Å²) in [5.41, 5.74) is 3.61. The second kappa shape index (κ2) is 6.69. The number of rotatable bonds is 5. The van der Waals surface area contributed by atoms with Crippen LogP contribution in [-0.2, 0) is 13.1 Å². The van der Waals surface area contributed by atoms with Gasteiger partial charge in [0.1, 0.15) is 0 Å². The molecule has 1 saturated heterocycles. The van der Waals surface area contributed by atoms with Gasteiger partial charge in [-0.1, -0.05) is 24.3 Å².